The minimum atomic E-state index is -1.32. The molecule has 1 fully saturated rings. The summed E-state index contributed by atoms with van der Waals surface area (Å²) < 4.78 is 10.1. The number of hydrogen-bond donors (Lipinski definition) is 4. The zero-order valence-electron chi connectivity index (χ0n) is 8.90. The van der Waals surface area contributed by atoms with Gasteiger partial charge in [-0.05, 0) is 6.42 Å². The number of hydrogen-bond acceptors (Lipinski definition) is 6. The third kappa shape index (κ3) is 3.51. The molecule has 16 heavy (non-hydrogen) atoms. The lowest BCUT2D eigenvalue weighted by atomic mass is 10.1. The Kier molecular flexibility index (Phi) is 5.33. The highest BCUT2D eigenvalue weighted by Gasteiger charge is 2.38. The molecule has 0 radical (unpaired) electrons. The topological polar surface area (TPSA) is 99.4 Å². The van der Waals surface area contributed by atoms with Crippen molar-refractivity contribution in [2.24, 2.45) is 0 Å². The standard InChI is InChI=1S/C10H18O6/c1-2-3-6(11)4-15-10-9(14)8(13)7(12)5-16-10/h2,6-14H,1,3-5H2. The fourth-order valence-electron chi connectivity index (χ4n) is 1.39. The molecule has 0 saturated carbocycles. The van der Waals surface area contributed by atoms with Gasteiger partial charge in [-0.1, -0.05) is 6.08 Å². The van der Waals surface area contributed by atoms with Gasteiger partial charge in [0.05, 0.1) is 19.3 Å². The van der Waals surface area contributed by atoms with Crippen molar-refractivity contribution in [1.29, 1.82) is 0 Å². The van der Waals surface area contributed by atoms with Gasteiger partial charge in [0.25, 0.3) is 0 Å². The molecule has 94 valence electrons. The van der Waals surface area contributed by atoms with Crippen LogP contribution in [0.1, 0.15) is 6.42 Å². The monoisotopic (exact) mass is 234 g/mol. The zero-order chi connectivity index (χ0) is 12.1. The molecular formula is C10H18O6. The highest BCUT2D eigenvalue weighted by Crippen LogP contribution is 2.16. The molecular weight excluding hydrogens is 216 g/mol. The van der Waals surface area contributed by atoms with Crippen LogP contribution in [-0.4, -0.2) is 64.3 Å². The first-order valence-corrected chi connectivity index (χ1v) is 5.12. The van der Waals surface area contributed by atoms with Crippen LogP contribution >= 0.6 is 0 Å². The van der Waals surface area contributed by atoms with E-state index < -0.39 is 30.7 Å². The molecule has 1 rings (SSSR count). The number of ether oxygens (including phenoxy) is 2. The van der Waals surface area contributed by atoms with E-state index in [2.05, 4.69) is 6.58 Å². The van der Waals surface area contributed by atoms with Crippen molar-refractivity contribution < 1.29 is 29.9 Å². The van der Waals surface area contributed by atoms with E-state index in [9.17, 15) is 20.4 Å². The van der Waals surface area contributed by atoms with E-state index in [-0.39, 0.29) is 13.2 Å². The van der Waals surface area contributed by atoms with Crippen LogP contribution < -0.4 is 0 Å². The Morgan fingerprint density at radius 1 is 1.38 bits per heavy atom. The number of aliphatic hydroxyl groups is 4. The summed E-state index contributed by atoms with van der Waals surface area (Å²) in [6, 6.07) is 0. The van der Waals surface area contributed by atoms with Crippen LogP contribution in [0.3, 0.4) is 0 Å². The maximum absolute atomic E-state index is 9.49. The van der Waals surface area contributed by atoms with Crippen molar-refractivity contribution in [2.45, 2.75) is 37.1 Å². The fourth-order valence-corrected chi connectivity index (χ4v) is 1.39. The Hall–Kier alpha value is -0.500. The molecule has 4 N–H and O–H groups in total. The van der Waals surface area contributed by atoms with Crippen LogP contribution in [0.2, 0.25) is 0 Å². The fraction of sp³-hybridized carbons (Fsp3) is 0.800. The van der Waals surface area contributed by atoms with E-state index in [0.717, 1.165) is 0 Å². The maximum Gasteiger partial charge on any atom is 0.186 e. The lowest BCUT2D eigenvalue weighted by Crippen LogP contribution is -2.54. The summed E-state index contributed by atoms with van der Waals surface area (Å²) >= 11 is 0. The summed E-state index contributed by atoms with van der Waals surface area (Å²) in [6.45, 7) is 3.32. The summed E-state index contributed by atoms with van der Waals surface area (Å²) in [6.07, 6.45) is -3.57. The molecule has 0 amide bonds. The third-order valence-electron chi connectivity index (χ3n) is 2.35. The first-order valence-electron chi connectivity index (χ1n) is 5.12. The smallest absolute Gasteiger partial charge is 0.186 e. The van der Waals surface area contributed by atoms with Gasteiger partial charge in [-0.15, -0.1) is 6.58 Å². The van der Waals surface area contributed by atoms with E-state index in [1.165, 1.54) is 0 Å². The van der Waals surface area contributed by atoms with Gasteiger partial charge >= 0.3 is 0 Å². The quantitative estimate of drug-likeness (QED) is 0.427. The van der Waals surface area contributed by atoms with E-state index in [1.807, 2.05) is 0 Å². The summed E-state index contributed by atoms with van der Waals surface area (Å²) in [5.74, 6) is 0. The van der Waals surface area contributed by atoms with Gasteiger partial charge in [-0.3, -0.25) is 0 Å². The molecule has 1 aliphatic heterocycles. The lowest BCUT2D eigenvalue weighted by molar-refractivity contribution is -0.274. The van der Waals surface area contributed by atoms with Crippen molar-refractivity contribution in [3.8, 4) is 0 Å². The second-order valence-corrected chi connectivity index (χ2v) is 3.76. The van der Waals surface area contributed by atoms with Crippen molar-refractivity contribution in [1.82, 2.24) is 0 Å². The van der Waals surface area contributed by atoms with Gasteiger partial charge in [0, 0.05) is 0 Å². The normalized spacial score (nSPS) is 37.0. The predicted octanol–water partition coefficient (Wildman–Crippen LogP) is -1.62. The first kappa shape index (κ1) is 13.6. The molecule has 5 unspecified atom stereocenters. The Morgan fingerprint density at radius 2 is 2.06 bits per heavy atom. The largest absolute Gasteiger partial charge is 0.390 e. The van der Waals surface area contributed by atoms with Crippen LogP contribution in [0.15, 0.2) is 12.7 Å². The lowest BCUT2D eigenvalue weighted by Gasteiger charge is -2.35. The van der Waals surface area contributed by atoms with Crippen LogP contribution in [0.4, 0.5) is 0 Å². The van der Waals surface area contributed by atoms with Crippen LogP contribution in [0.25, 0.3) is 0 Å². The minimum Gasteiger partial charge on any atom is -0.390 e. The minimum absolute atomic E-state index is 0.0312. The van der Waals surface area contributed by atoms with E-state index in [0.29, 0.717) is 6.42 Å². The third-order valence-corrected chi connectivity index (χ3v) is 2.35. The number of aliphatic hydroxyl groups excluding tert-OH is 4. The molecule has 6 heteroatoms. The van der Waals surface area contributed by atoms with Gasteiger partial charge < -0.3 is 29.9 Å². The molecule has 0 aromatic carbocycles. The van der Waals surface area contributed by atoms with E-state index in [1.54, 1.807) is 6.08 Å². The van der Waals surface area contributed by atoms with Crippen molar-refractivity contribution in [3.63, 3.8) is 0 Å². The van der Waals surface area contributed by atoms with Crippen molar-refractivity contribution in [3.05, 3.63) is 12.7 Å². The number of rotatable bonds is 5. The van der Waals surface area contributed by atoms with E-state index >= 15 is 0 Å². The average molecular weight is 234 g/mol. The van der Waals surface area contributed by atoms with Crippen molar-refractivity contribution in [2.75, 3.05) is 13.2 Å². The molecule has 5 atom stereocenters. The molecule has 0 bridgehead atoms. The van der Waals surface area contributed by atoms with Crippen LogP contribution in [0.5, 0.6) is 0 Å². The average Bonchev–Trinajstić information content (AvgIpc) is 2.25. The van der Waals surface area contributed by atoms with Gasteiger partial charge in [-0.25, -0.2) is 0 Å². The summed E-state index contributed by atoms with van der Waals surface area (Å²) in [5, 5.41) is 37.3. The Labute approximate surface area is 93.7 Å². The predicted molar refractivity (Wildman–Crippen MR) is 54.5 cm³/mol. The van der Waals surface area contributed by atoms with E-state index in [4.69, 9.17) is 9.47 Å². The van der Waals surface area contributed by atoms with Gasteiger partial charge in [0.1, 0.15) is 18.3 Å². The summed E-state index contributed by atoms with van der Waals surface area (Å²) in [5.41, 5.74) is 0. The summed E-state index contributed by atoms with van der Waals surface area (Å²) in [7, 11) is 0. The van der Waals surface area contributed by atoms with Gasteiger partial charge in [-0.2, -0.15) is 0 Å². The summed E-state index contributed by atoms with van der Waals surface area (Å²) in [4.78, 5) is 0. The van der Waals surface area contributed by atoms with Crippen molar-refractivity contribution >= 4 is 0 Å². The van der Waals surface area contributed by atoms with Gasteiger partial charge in [0.15, 0.2) is 6.29 Å². The van der Waals surface area contributed by atoms with Gasteiger partial charge in [0.2, 0.25) is 0 Å². The molecule has 1 heterocycles. The first-order chi connectivity index (χ1) is 7.56. The molecule has 0 spiro atoms. The highest BCUT2D eigenvalue weighted by molar-refractivity contribution is 4.82. The SMILES string of the molecule is C=CCC(O)COC1OCC(O)C(O)C1O. The van der Waals surface area contributed by atoms with Crippen LogP contribution in [-0.2, 0) is 9.47 Å². The van der Waals surface area contributed by atoms with Crippen LogP contribution in [0, 0.1) is 0 Å². The second kappa shape index (κ2) is 6.29. The molecule has 1 aliphatic rings. The molecule has 0 aromatic rings. The maximum atomic E-state index is 9.49. The molecule has 1 saturated heterocycles. The molecule has 6 nitrogen and oxygen atoms in total. The molecule has 0 aromatic heterocycles. The Balaban J connectivity index is 2.34. The second-order valence-electron chi connectivity index (χ2n) is 3.76. The molecule has 0 aliphatic carbocycles. The highest BCUT2D eigenvalue weighted by atomic mass is 16.7. The zero-order valence-corrected chi connectivity index (χ0v) is 8.90. The Bertz CT molecular complexity index is 221. The Morgan fingerprint density at radius 3 is 2.69 bits per heavy atom.